The summed E-state index contributed by atoms with van der Waals surface area (Å²) in [6, 6.07) is 7.66. The molecule has 0 N–H and O–H groups in total. The third-order valence-corrected chi connectivity index (χ3v) is 3.55. The largest absolute Gasteiger partial charge is 0.461 e. The van der Waals surface area contributed by atoms with Crippen LogP contribution in [0.25, 0.3) is 0 Å². The molecule has 22 heavy (non-hydrogen) atoms. The molecule has 1 saturated carbocycles. The summed E-state index contributed by atoms with van der Waals surface area (Å²) in [5.74, 6) is -0.143. The SMILES string of the molecule is CC(=O)OCc1ccccc1COC[C@@H](OC(C)=O)C1CC1. The molecule has 1 aromatic carbocycles. The molecule has 1 atom stereocenters. The van der Waals surface area contributed by atoms with Gasteiger partial charge < -0.3 is 14.2 Å². The predicted molar refractivity (Wildman–Crippen MR) is 79.8 cm³/mol. The normalized spacial score (nSPS) is 15.2. The van der Waals surface area contributed by atoms with E-state index < -0.39 is 0 Å². The monoisotopic (exact) mass is 306 g/mol. The van der Waals surface area contributed by atoms with Gasteiger partial charge in [0.2, 0.25) is 0 Å². The van der Waals surface area contributed by atoms with Crippen LogP contribution < -0.4 is 0 Å². The summed E-state index contributed by atoms with van der Waals surface area (Å²) in [6.07, 6.45) is 2.02. The summed E-state index contributed by atoms with van der Waals surface area (Å²) >= 11 is 0. The minimum Gasteiger partial charge on any atom is -0.461 e. The Morgan fingerprint density at radius 3 is 2.27 bits per heavy atom. The molecule has 1 aromatic rings. The zero-order valence-electron chi connectivity index (χ0n) is 13.0. The van der Waals surface area contributed by atoms with Crippen molar-refractivity contribution in [1.82, 2.24) is 0 Å². The molecule has 0 radical (unpaired) electrons. The second-order valence-electron chi connectivity index (χ2n) is 5.55. The Kier molecular flexibility index (Phi) is 5.95. The quantitative estimate of drug-likeness (QED) is 0.691. The average molecular weight is 306 g/mol. The van der Waals surface area contributed by atoms with Gasteiger partial charge in [0.15, 0.2) is 0 Å². The zero-order chi connectivity index (χ0) is 15.9. The van der Waals surface area contributed by atoms with E-state index in [1.165, 1.54) is 13.8 Å². The van der Waals surface area contributed by atoms with Crippen LogP contribution in [0.1, 0.15) is 37.8 Å². The lowest BCUT2D eigenvalue weighted by atomic mass is 10.1. The van der Waals surface area contributed by atoms with Gasteiger partial charge in [0.25, 0.3) is 0 Å². The van der Waals surface area contributed by atoms with Crippen molar-refractivity contribution in [1.29, 1.82) is 0 Å². The van der Waals surface area contributed by atoms with Crippen LogP contribution in [0.5, 0.6) is 0 Å². The highest BCUT2D eigenvalue weighted by Crippen LogP contribution is 2.34. The molecule has 5 nitrogen and oxygen atoms in total. The molecule has 1 aliphatic carbocycles. The van der Waals surface area contributed by atoms with Gasteiger partial charge in [0.05, 0.1) is 13.2 Å². The van der Waals surface area contributed by atoms with Crippen LogP contribution in [0.4, 0.5) is 0 Å². The minimum absolute atomic E-state index is 0.155. The van der Waals surface area contributed by atoms with Crippen LogP contribution >= 0.6 is 0 Å². The minimum atomic E-state index is -0.306. The molecule has 0 bridgehead atoms. The first-order valence-corrected chi connectivity index (χ1v) is 7.51. The standard InChI is InChI=1S/C17H22O5/c1-12(18)21-10-16-6-4-3-5-15(16)9-20-11-17(14-7-8-14)22-13(2)19/h3-6,14,17H,7-11H2,1-2H3/t17-/m1/s1. The van der Waals surface area contributed by atoms with Gasteiger partial charge in [-0.25, -0.2) is 0 Å². The summed E-state index contributed by atoms with van der Waals surface area (Å²) in [4.78, 5) is 22.0. The van der Waals surface area contributed by atoms with Crippen molar-refractivity contribution >= 4 is 11.9 Å². The van der Waals surface area contributed by atoms with Crippen LogP contribution in [0, 0.1) is 5.92 Å². The van der Waals surface area contributed by atoms with E-state index in [-0.39, 0.29) is 24.6 Å². The zero-order valence-corrected chi connectivity index (χ0v) is 13.0. The number of benzene rings is 1. The fraction of sp³-hybridized carbons (Fsp3) is 0.529. The number of carbonyl (C=O) groups excluding carboxylic acids is 2. The first-order chi connectivity index (χ1) is 10.6. The number of hydrogen-bond acceptors (Lipinski definition) is 5. The van der Waals surface area contributed by atoms with Crippen molar-refractivity contribution in [3.05, 3.63) is 35.4 Å². The first-order valence-electron chi connectivity index (χ1n) is 7.51. The highest BCUT2D eigenvalue weighted by Gasteiger charge is 2.33. The highest BCUT2D eigenvalue weighted by molar-refractivity contribution is 5.66. The van der Waals surface area contributed by atoms with Crippen LogP contribution in [-0.2, 0) is 37.0 Å². The van der Waals surface area contributed by atoms with Crippen LogP contribution in [-0.4, -0.2) is 24.6 Å². The van der Waals surface area contributed by atoms with Gasteiger partial charge in [0.1, 0.15) is 12.7 Å². The second kappa shape index (κ2) is 7.94. The van der Waals surface area contributed by atoms with Gasteiger partial charge in [-0.1, -0.05) is 24.3 Å². The van der Waals surface area contributed by atoms with E-state index in [2.05, 4.69) is 0 Å². The lowest BCUT2D eigenvalue weighted by Gasteiger charge is -2.17. The Morgan fingerprint density at radius 2 is 1.73 bits per heavy atom. The van der Waals surface area contributed by atoms with Crippen molar-refractivity contribution in [3.63, 3.8) is 0 Å². The molecule has 0 saturated heterocycles. The van der Waals surface area contributed by atoms with E-state index >= 15 is 0 Å². The maximum atomic E-state index is 11.1. The van der Waals surface area contributed by atoms with Gasteiger partial charge >= 0.3 is 11.9 Å². The summed E-state index contributed by atoms with van der Waals surface area (Å²) in [6.45, 7) is 3.85. The van der Waals surface area contributed by atoms with E-state index in [9.17, 15) is 9.59 Å². The maximum absolute atomic E-state index is 11.1. The fourth-order valence-corrected chi connectivity index (χ4v) is 2.25. The lowest BCUT2D eigenvalue weighted by molar-refractivity contribution is -0.151. The van der Waals surface area contributed by atoms with Crippen molar-refractivity contribution < 1.29 is 23.8 Å². The molecule has 1 fully saturated rings. The van der Waals surface area contributed by atoms with Crippen LogP contribution in [0.2, 0.25) is 0 Å². The van der Waals surface area contributed by atoms with Gasteiger partial charge in [-0.15, -0.1) is 0 Å². The van der Waals surface area contributed by atoms with Gasteiger partial charge in [0, 0.05) is 13.8 Å². The van der Waals surface area contributed by atoms with E-state index in [4.69, 9.17) is 14.2 Å². The van der Waals surface area contributed by atoms with E-state index in [1.807, 2.05) is 24.3 Å². The fourth-order valence-electron chi connectivity index (χ4n) is 2.25. The van der Waals surface area contributed by atoms with E-state index in [0.717, 1.165) is 24.0 Å². The number of rotatable bonds is 8. The highest BCUT2D eigenvalue weighted by atomic mass is 16.6. The molecule has 0 unspecified atom stereocenters. The summed E-state index contributed by atoms with van der Waals surface area (Å²) in [5, 5.41) is 0. The van der Waals surface area contributed by atoms with Crippen molar-refractivity contribution in [2.24, 2.45) is 5.92 Å². The number of esters is 2. The average Bonchev–Trinajstić information content (AvgIpc) is 3.29. The summed E-state index contributed by atoms with van der Waals surface area (Å²) in [7, 11) is 0. The Labute approximate surface area is 130 Å². The molecule has 0 spiro atoms. The molecule has 120 valence electrons. The van der Waals surface area contributed by atoms with Gasteiger partial charge in [-0.05, 0) is 29.9 Å². The molecule has 1 aliphatic rings. The molecule has 2 rings (SSSR count). The van der Waals surface area contributed by atoms with Gasteiger partial charge in [-0.2, -0.15) is 0 Å². The van der Waals surface area contributed by atoms with Gasteiger partial charge in [-0.3, -0.25) is 9.59 Å². The summed E-state index contributed by atoms with van der Waals surface area (Å²) < 4.78 is 16.0. The number of hydrogen-bond donors (Lipinski definition) is 0. The van der Waals surface area contributed by atoms with E-state index in [0.29, 0.717) is 19.1 Å². The first kappa shape index (κ1) is 16.5. The topological polar surface area (TPSA) is 61.8 Å². The maximum Gasteiger partial charge on any atom is 0.302 e. The van der Waals surface area contributed by atoms with Crippen molar-refractivity contribution in [2.75, 3.05) is 6.61 Å². The smallest absolute Gasteiger partial charge is 0.302 e. The summed E-state index contributed by atoms with van der Waals surface area (Å²) in [5.41, 5.74) is 1.90. The molecule has 0 aliphatic heterocycles. The molecule has 0 amide bonds. The van der Waals surface area contributed by atoms with Crippen molar-refractivity contribution in [3.8, 4) is 0 Å². The molecular formula is C17H22O5. The molecule has 5 heteroatoms. The lowest BCUT2D eigenvalue weighted by Crippen LogP contribution is -2.24. The Balaban J connectivity index is 1.85. The Hall–Kier alpha value is -1.88. The molecular weight excluding hydrogens is 284 g/mol. The Morgan fingerprint density at radius 1 is 1.09 bits per heavy atom. The third-order valence-electron chi connectivity index (χ3n) is 3.55. The second-order valence-corrected chi connectivity index (χ2v) is 5.55. The number of carbonyl (C=O) groups is 2. The predicted octanol–water partition coefficient (Wildman–Crippen LogP) is 2.61. The van der Waals surface area contributed by atoms with E-state index in [1.54, 1.807) is 0 Å². The number of ether oxygens (including phenoxy) is 3. The third kappa shape index (κ3) is 5.48. The molecule has 0 aromatic heterocycles. The molecule has 0 heterocycles. The van der Waals surface area contributed by atoms with Crippen molar-refractivity contribution in [2.45, 2.75) is 46.0 Å². The van der Waals surface area contributed by atoms with Crippen LogP contribution in [0.3, 0.4) is 0 Å². The van der Waals surface area contributed by atoms with Crippen LogP contribution in [0.15, 0.2) is 24.3 Å². The Bertz CT molecular complexity index is 522.